The van der Waals surface area contributed by atoms with Crippen molar-refractivity contribution in [2.75, 3.05) is 12.4 Å². The van der Waals surface area contributed by atoms with Crippen LogP contribution >= 0.6 is 11.6 Å². The molecule has 1 aromatic carbocycles. The van der Waals surface area contributed by atoms with Gasteiger partial charge in [-0.2, -0.15) is 0 Å². The molecule has 0 aliphatic heterocycles. The van der Waals surface area contributed by atoms with Gasteiger partial charge < -0.3 is 10.1 Å². The van der Waals surface area contributed by atoms with Gasteiger partial charge in [-0.05, 0) is 24.3 Å². The summed E-state index contributed by atoms with van der Waals surface area (Å²) in [6.45, 7) is 6.35. The Morgan fingerprint density at radius 3 is 2.54 bits per heavy atom. The maximum Gasteiger partial charge on any atom is 0.163 e. The summed E-state index contributed by atoms with van der Waals surface area (Å²) in [6.07, 6.45) is 3.48. The average Bonchev–Trinajstić information content (AvgIpc) is 2.63. The number of nitrogens with zero attached hydrogens (tertiary/aromatic N) is 3. The van der Waals surface area contributed by atoms with Crippen molar-refractivity contribution in [3.63, 3.8) is 0 Å². The molecule has 134 valence electrons. The van der Waals surface area contributed by atoms with Crippen LogP contribution in [0, 0.1) is 0 Å². The molecule has 1 N–H and O–H groups in total. The van der Waals surface area contributed by atoms with E-state index in [1.54, 1.807) is 25.6 Å². The normalized spacial score (nSPS) is 11.3. The molecule has 0 radical (unpaired) electrons. The quantitative estimate of drug-likeness (QED) is 0.682. The van der Waals surface area contributed by atoms with Crippen LogP contribution in [0.3, 0.4) is 0 Å². The molecule has 0 unspecified atom stereocenters. The third-order valence-electron chi connectivity index (χ3n) is 3.85. The first-order valence-electron chi connectivity index (χ1n) is 8.27. The predicted molar refractivity (Wildman–Crippen MR) is 105 cm³/mol. The number of pyridine rings is 1. The van der Waals surface area contributed by atoms with Gasteiger partial charge in [0.15, 0.2) is 5.82 Å². The molecule has 0 aliphatic rings. The molecular formula is C20H21ClN4O. The molecule has 5 nitrogen and oxygen atoms in total. The molecule has 0 fully saturated rings. The largest absolute Gasteiger partial charge is 0.497 e. The fourth-order valence-electron chi connectivity index (χ4n) is 2.38. The van der Waals surface area contributed by atoms with E-state index in [9.17, 15) is 0 Å². The molecule has 0 saturated carbocycles. The zero-order valence-electron chi connectivity index (χ0n) is 15.2. The van der Waals surface area contributed by atoms with Crippen molar-refractivity contribution in [1.29, 1.82) is 0 Å². The molecule has 0 saturated heterocycles. The summed E-state index contributed by atoms with van der Waals surface area (Å²) in [4.78, 5) is 13.5. The van der Waals surface area contributed by atoms with E-state index < -0.39 is 0 Å². The number of aromatic nitrogens is 3. The highest BCUT2D eigenvalue weighted by Gasteiger charge is 2.19. The van der Waals surface area contributed by atoms with Crippen molar-refractivity contribution in [3.8, 4) is 17.1 Å². The number of benzene rings is 1. The van der Waals surface area contributed by atoms with Crippen molar-refractivity contribution < 1.29 is 4.74 Å². The zero-order chi connectivity index (χ0) is 18.7. The summed E-state index contributed by atoms with van der Waals surface area (Å²) >= 11 is 6.32. The number of ether oxygens (including phenoxy) is 1. The lowest BCUT2D eigenvalue weighted by molar-refractivity contribution is 0.415. The van der Waals surface area contributed by atoms with Crippen LogP contribution in [0.25, 0.3) is 11.4 Å². The van der Waals surface area contributed by atoms with E-state index in [4.69, 9.17) is 21.3 Å². The predicted octanol–water partition coefficient (Wildman–Crippen LogP) is 5.24. The Hall–Kier alpha value is -2.66. The Kier molecular flexibility index (Phi) is 5.09. The molecule has 2 aromatic heterocycles. The van der Waals surface area contributed by atoms with E-state index in [-0.39, 0.29) is 5.41 Å². The summed E-state index contributed by atoms with van der Waals surface area (Å²) in [5, 5.41) is 3.87. The number of hydrogen-bond donors (Lipinski definition) is 1. The van der Waals surface area contributed by atoms with E-state index in [0.29, 0.717) is 16.7 Å². The fraction of sp³-hybridized carbons (Fsp3) is 0.250. The highest BCUT2D eigenvalue weighted by Crippen LogP contribution is 2.31. The third kappa shape index (κ3) is 4.11. The van der Waals surface area contributed by atoms with Crippen molar-refractivity contribution in [1.82, 2.24) is 15.0 Å². The molecule has 26 heavy (non-hydrogen) atoms. The number of nitrogens with one attached hydrogen (secondary N) is 1. The monoisotopic (exact) mass is 368 g/mol. The first-order valence-corrected chi connectivity index (χ1v) is 8.65. The van der Waals surface area contributed by atoms with E-state index in [2.05, 4.69) is 36.1 Å². The molecule has 0 spiro atoms. The van der Waals surface area contributed by atoms with Gasteiger partial charge in [0.1, 0.15) is 11.6 Å². The summed E-state index contributed by atoms with van der Waals surface area (Å²) < 4.78 is 5.28. The minimum atomic E-state index is -0.130. The topological polar surface area (TPSA) is 59.9 Å². The van der Waals surface area contributed by atoms with Gasteiger partial charge in [-0.25, -0.2) is 9.97 Å². The second kappa shape index (κ2) is 7.30. The van der Waals surface area contributed by atoms with E-state index in [1.165, 1.54) is 0 Å². The second-order valence-electron chi connectivity index (χ2n) is 6.92. The summed E-state index contributed by atoms with van der Waals surface area (Å²) in [7, 11) is 1.62. The molecule has 0 atom stereocenters. The van der Waals surface area contributed by atoms with Gasteiger partial charge in [-0.3, -0.25) is 4.98 Å². The van der Waals surface area contributed by atoms with Crippen LogP contribution in [-0.2, 0) is 5.41 Å². The van der Waals surface area contributed by atoms with Crippen molar-refractivity contribution >= 4 is 23.1 Å². The lowest BCUT2D eigenvalue weighted by Crippen LogP contribution is -2.15. The van der Waals surface area contributed by atoms with Crippen LogP contribution in [0.15, 0.2) is 48.8 Å². The van der Waals surface area contributed by atoms with Crippen LogP contribution in [0.5, 0.6) is 5.75 Å². The Bertz CT molecular complexity index is 907. The van der Waals surface area contributed by atoms with Crippen molar-refractivity contribution in [2.45, 2.75) is 26.2 Å². The van der Waals surface area contributed by atoms with E-state index >= 15 is 0 Å². The Morgan fingerprint density at radius 1 is 1.08 bits per heavy atom. The number of halogens is 1. The van der Waals surface area contributed by atoms with Crippen LogP contribution in [-0.4, -0.2) is 22.1 Å². The summed E-state index contributed by atoms with van der Waals surface area (Å²) in [5.41, 5.74) is 2.38. The third-order valence-corrected chi connectivity index (χ3v) is 4.18. The molecule has 0 bridgehead atoms. The minimum absolute atomic E-state index is 0.130. The molecule has 3 aromatic rings. The highest BCUT2D eigenvalue weighted by molar-refractivity contribution is 6.33. The fourth-order valence-corrected chi connectivity index (χ4v) is 2.55. The van der Waals surface area contributed by atoms with Gasteiger partial charge in [-0.1, -0.05) is 32.4 Å². The molecule has 6 heteroatoms. The van der Waals surface area contributed by atoms with Gasteiger partial charge in [0.2, 0.25) is 0 Å². The first-order chi connectivity index (χ1) is 12.4. The van der Waals surface area contributed by atoms with Crippen LogP contribution in [0.2, 0.25) is 5.02 Å². The maximum absolute atomic E-state index is 6.32. The standard InChI is InChI=1S/C20H21ClN4O/c1-20(2,3)17-11-18(23-16-10-14(26-4)7-8-15(16)21)25-19(24-17)13-6-5-9-22-12-13/h5-12H,1-4H3,(H,23,24,25). The van der Waals surface area contributed by atoms with Gasteiger partial charge in [-0.15, -0.1) is 0 Å². The van der Waals surface area contributed by atoms with Gasteiger partial charge >= 0.3 is 0 Å². The zero-order valence-corrected chi connectivity index (χ0v) is 16.0. The lowest BCUT2D eigenvalue weighted by atomic mass is 9.92. The molecular weight excluding hydrogens is 348 g/mol. The maximum atomic E-state index is 6.32. The summed E-state index contributed by atoms with van der Waals surface area (Å²) in [6, 6.07) is 11.2. The van der Waals surface area contributed by atoms with Gasteiger partial charge in [0.05, 0.1) is 23.5 Å². The van der Waals surface area contributed by atoms with Crippen LogP contribution < -0.4 is 10.1 Å². The minimum Gasteiger partial charge on any atom is -0.497 e. The van der Waals surface area contributed by atoms with E-state index in [1.807, 2.05) is 30.3 Å². The average molecular weight is 369 g/mol. The Morgan fingerprint density at radius 2 is 1.88 bits per heavy atom. The SMILES string of the molecule is COc1ccc(Cl)c(Nc2cc(C(C)(C)C)nc(-c3cccnc3)n2)c1. The second-order valence-corrected chi connectivity index (χ2v) is 7.33. The number of hydrogen-bond acceptors (Lipinski definition) is 5. The Labute approximate surface area is 158 Å². The van der Waals surface area contributed by atoms with Crippen molar-refractivity contribution in [2.24, 2.45) is 0 Å². The summed E-state index contributed by atoms with van der Waals surface area (Å²) in [5.74, 6) is 2.00. The molecule has 3 rings (SSSR count). The molecule has 0 aliphatic carbocycles. The highest BCUT2D eigenvalue weighted by atomic mass is 35.5. The Balaban J connectivity index is 2.07. The lowest BCUT2D eigenvalue weighted by Gasteiger charge is -2.20. The number of methoxy groups -OCH3 is 1. The van der Waals surface area contributed by atoms with Crippen LogP contribution in [0.1, 0.15) is 26.5 Å². The molecule has 2 heterocycles. The van der Waals surface area contributed by atoms with E-state index in [0.717, 1.165) is 22.7 Å². The van der Waals surface area contributed by atoms with Crippen molar-refractivity contribution in [3.05, 3.63) is 59.5 Å². The first kappa shape index (κ1) is 18.1. The van der Waals surface area contributed by atoms with Gasteiger partial charge in [0, 0.05) is 35.5 Å². The smallest absolute Gasteiger partial charge is 0.163 e. The molecule has 0 amide bonds. The number of anilines is 2. The van der Waals surface area contributed by atoms with Crippen LogP contribution in [0.4, 0.5) is 11.5 Å². The van der Waals surface area contributed by atoms with Gasteiger partial charge in [0.25, 0.3) is 0 Å². The number of rotatable bonds is 4.